The van der Waals surface area contributed by atoms with Crippen LogP contribution in [0, 0.1) is 7.43 Å². The average molecular weight is 543 g/mol. The smallest absolute Gasteiger partial charge is 0.660 e. The van der Waals surface area contributed by atoms with Crippen molar-refractivity contribution in [1.29, 1.82) is 0 Å². The second-order valence-electron chi connectivity index (χ2n) is 7.67. The van der Waals surface area contributed by atoms with Crippen LogP contribution in [-0.2, 0) is 20.4 Å². The molecule has 0 aliphatic carbocycles. The molecule has 2 nitrogen and oxygen atoms in total. The summed E-state index contributed by atoms with van der Waals surface area (Å²) in [6.45, 7) is 6.98. The van der Waals surface area contributed by atoms with Crippen LogP contribution < -0.4 is 15.9 Å². The monoisotopic (exact) mass is 542 g/mol. The molecule has 0 spiro atoms. The van der Waals surface area contributed by atoms with Gasteiger partial charge in [0.15, 0.2) is 0 Å². The molecule has 176 valence electrons. The molecule has 32 heavy (non-hydrogen) atoms. The van der Waals surface area contributed by atoms with E-state index in [9.17, 15) is 0 Å². The van der Waals surface area contributed by atoms with Crippen molar-refractivity contribution in [2.45, 2.75) is 52.2 Å². The summed E-state index contributed by atoms with van der Waals surface area (Å²) in [6.07, 6.45) is 2.95. The fourth-order valence-electron chi connectivity index (χ4n) is 3.35. The van der Waals surface area contributed by atoms with Gasteiger partial charge in [-0.1, -0.05) is 81.3 Å². The van der Waals surface area contributed by atoms with E-state index in [2.05, 4.69) is 110 Å². The zero-order valence-corrected chi connectivity index (χ0v) is 22.4. The van der Waals surface area contributed by atoms with E-state index in [1.165, 1.54) is 28.8 Å². The Kier molecular flexibility index (Phi) is 17.4. The van der Waals surface area contributed by atoms with E-state index in [0.29, 0.717) is 6.04 Å². The summed E-state index contributed by atoms with van der Waals surface area (Å²) in [7, 11) is -0.877. The third-order valence-corrected chi connectivity index (χ3v) is 7.55. The van der Waals surface area contributed by atoms with Crippen molar-refractivity contribution in [3.63, 3.8) is 0 Å². The minimum atomic E-state index is -0.877. The van der Waals surface area contributed by atoms with E-state index in [4.69, 9.17) is 5.11 Å². The number of unbranched alkanes of at least 4 members (excludes halogenated alkanes) is 1. The van der Waals surface area contributed by atoms with Gasteiger partial charge in [0, 0.05) is 6.10 Å². The summed E-state index contributed by atoms with van der Waals surface area (Å²) in [5, 5.41) is 17.7. The molecule has 3 aromatic carbocycles. The van der Waals surface area contributed by atoms with Crippen LogP contribution in [0.5, 0.6) is 0 Å². The molecule has 0 aliphatic rings. The molecule has 4 heteroatoms. The molecule has 2 atom stereocenters. The van der Waals surface area contributed by atoms with Crippen LogP contribution in [0.1, 0.15) is 40.0 Å². The van der Waals surface area contributed by atoms with E-state index in [1.54, 1.807) is 0 Å². The largest absolute Gasteiger partial charge is 2.00 e. The van der Waals surface area contributed by atoms with Crippen LogP contribution in [0.15, 0.2) is 91.0 Å². The van der Waals surface area contributed by atoms with Gasteiger partial charge in [0.1, 0.15) is 15.9 Å². The first-order chi connectivity index (χ1) is 14.6. The standard InChI is InChI=1S/C18H15P.C9H20NO.CH3.Pd/c1-4-10-16(11-5-1)19(17-12-6-2-7-13-17)18-14-8-3-9-15-18;1-4-5-6-10-8(2)7-9(3)11;;/h1-15H;8-9,11H,4-7H2,1-3H3;1H3;/q;2*-1;+2/p+1. The fourth-order valence-corrected chi connectivity index (χ4v) is 5.93. The van der Waals surface area contributed by atoms with Crippen LogP contribution in [0.4, 0.5) is 0 Å². The van der Waals surface area contributed by atoms with Gasteiger partial charge in [0.25, 0.3) is 0 Å². The second kappa shape index (κ2) is 18.1. The number of rotatable bonds is 9. The summed E-state index contributed by atoms with van der Waals surface area (Å²) in [4.78, 5) is 0. The predicted molar refractivity (Wildman–Crippen MR) is 142 cm³/mol. The number of aliphatic hydroxyl groups excluding tert-OH is 1. The Morgan fingerprint density at radius 3 is 1.44 bits per heavy atom. The Morgan fingerprint density at radius 1 is 0.750 bits per heavy atom. The van der Waals surface area contributed by atoms with Gasteiger partial charge in [-0.3, -0.25) is 0 Å². The molecule has 0 saturated heterocycles. The van der Waals surface area contributed by atoms with Crippen molar-refractivity contribution in [3.8, 4) is 0 Å². The van der Waals surface area contributed by atoms with Gasteiger partial charge in [-0.05, 0) is 49.7 Å². The second-order valence-corrected chi connectivity index (χ2v) is 10.1. The maximum absolute atomic E-state index is 9.02. The molecule has 3 aromatic rings. The van der Waals surface area contributed by atoms with Crippen LogP contribution in [0.25, 0.3) is 5.32 Å². The average Bonchev–Trinajstić information content (AvgIpc) is 2.76. The van der Waals surface area contributed by atoms with Gasteiger partial charge in [0.2, 0.25) is 0 Å². The Balaban J connectivity index is 0.000000648. The Bertz CT molecular complexity index is 706. The van der Waals surface area contributed by atoms with Crippen molar-refractivity contribution < 1.29 is 25.5 Å². The Labute approximate surface area is 211 Å². The number of hydrogen-bond donors (Lipinski definition) is 1. The van der Waals surface area contributed by atoms with Gasteiger partial charge in [-0.2, -0.15) is 0 Å². The molecule has 0 fully saturated rings. The van der Waals surface area contributed by atoms with Crippen molar-refractivity contribution in [2.24, 2.45) is 0 Å². The molecule has 0 bridgehead atoms. The maximum atomic E-state index is 9.02. The summed E-state index contributed by atoms with van der Waals surface area (Å²) < 4.78 is 0. The van der Waals surface area contributed by atoms with Crippen molar-refractivity contribution in [1.82, 2.24) is 0 Å². The first kappa shape index (κ1) is 30.7. The SMILES string of the molecule is CCCC[N-]C(C)CC(C)O.[CH3-].[Pd+2].c1ccc([PH+](c2ccccc2)c2ccccc2)cc1. The van der Waals surface area contributed by atoms with E-state index >= 15 is 0 Å². The number of hydrogen-bond acceptors (Lipinski definition) is 1. The van der Waals surface area contributed by atoms with Crippen molar-refractivity contribution in [3.05, 3.63) is 104 Å². The van der Waals surface area contributed by atoms with E-state index in [1.807, 2.05) is 6.92 Å². The predicted octanol–water partition coefficient (Wildman–Crippen LogP) is 5.94. The zero-order chi connectivity index (χ0) is 21.6. The fraction of sp³-hybridized carbons (Fsp3) is 0.321. The third-order valence-electron chi connectivity index (χ3n) is 4.82. The van der Waals surface area contributed by atoms with Crippen LogP contribution in [-0.4, -0.2) is 23.8 Å². The van der Waals surface area contributed by atoms with E-state index in [-0.39, 0.29) is 34.0 Å². The minimum Gasteiger partial charge on any atom is -0.660 e. The number of benzene rings is 3. The third kappa shape index (κ3) is 11.5. The maximum Gasteiger partial charge on any atom is 2.00 e. The molecule has 0 saturated carbocycles. The van der Waals surface area contributed by atoms with Gasteiger partial charge in [0.05, 0.1) is 7.92 Å². The Hall–Kier alpha value is -1.33. The van der Waals surface area contributed by atoms with E-state index < -0.39 is 7.92 Å². The molecule has 0 aliphatic heterocycles. The molecule has 0 radical (unpaired) electrons. The molecule has 0 heterocycles. The topological polar surface area (TPSA) is 34.3 Å². The van der Waals surface area contributed by atoms with Crippen LogP contribution in [0.3, 0.4) is 0 Å². The molecule has 3 rings (SSSR count). The first-order valence-corrected chi connectivity index (χ1v) is 12.5. The first-order valence-electron chi connectivity index (χ1n) is 11.0. The van der Waals surface area contributed by atoms with Crippen molar-refractivity contribution in [2.75, 3.05) is 6.54 Å². The Morgan fingerprint density at radius 2 is 1.12 bits per heavy atom. The number of aliphatic hydroxyl groups is 1. The molecule has 0 aromatic heterocycles. The van der Waals surface area contributed by atoms with Gasteiger partial charge in [-0.15, -0.1) is 12.6 Å². The summed E-state index contributed by atoms with van der Waals surface area (Å²) >= 11 is 0. The normalized spacial score (nSPS) is 11.9. The van der Waals surface area contributed by atoms with Crippen LogP contribution >= 0.6 is 7.92 Å². The quantitative estimate of drug-likeness (QED) is 0.154. The van der Waals surface area contributed by atoms with Gasteiger partial charge >= 0.3 is 20.4 Å². The summed E-state index contributed by atoms with van der Waals surface area (Å²) in [5.74, 6) is 0. The van der Waals surface area contributed by atoms with E-state index in [0.717, 1.165) is 13.0 Å². The molecule has 2 unspecified atom stereocenters. The molecule has 0 amide bonds. The number of nitrogens with zero attached hydrogens (tertiary/aromatic N) is 1. The van der Waals surface area contributed by atoms with Gasteiger partial charge in [-0.25, -0.2) is 0 Å². The van der Waals surface area contributed by atoms with Gasteiger partial charge < -0.3 is 17.8 Å². The van der Waals surface area contributed by atoms with Crippen molar-refractivity contribution >= 4 is 23.8 Å². The van der Waals surface area contributed by atoms with Crippen LogP contribution in [0.2, 0.25) is 0 Å². The zero-order valence-electron chi connectivity index (χ0n) is 19.9. The minimum absolute atomic E-state index is 0. The summed E-state index contributed by atoms with van der Waals surface area (Å²) in [6, 6.07) is 32.8. The summed E-state index contributed by atoms with van der Waals surface area (Å²) in [5.41, 5.74) is 0. The molecular weight excluding hydrogens is 504 g/mol. The molecular formula is C28H39NOPPd+. The molecule has 1 N–H and O–H groups in total.